The lowest BCUT2D eigenvalue weighted by Gasteiger charge is -2.26. The van der Waals surface area contributed by atoms with Crippen LogP contribution in [0.25, 0.3) is 5.57 Å². The monoisotopic (exact) mass is 375 g/mol. The van der Waals surface area contributed by atoms with Gasteiger partial charge < -0.3 is 10.1 Å². The Labute approximate surface area is 165 Å². The van der Waals surface area contributed by atoms with Crippen molar-refractivity contribution in [2.45, 2.75) is 0 Å². The van der Waals surface area contributed by atoms with Crippen molar-refractivity contribution in [2.24, 2.45) is 4.99 Å². The van der Waals surface area contributed by atoms with Crippen LogP contribution in [-0.2, 0) is 4.74 Å². The third kappa shape index (κ3) is 4.38. The van der Waals surface area contributed by atoms with Crippen LogP contribution in [0.5, 0.6) is 0 Å². The SMILES string of the molecule is O=C(NCCN1CCOCC1)c1ccccc1C1=NCC(c2ccccc2)=C1. The van der Waals surface area contributed by atoms with Gasteiger partial charge in [0.05, 0.1) is 25.5 Å². The molecule has 2 aliphatic rings. The molecule has 1 N–H and O–H groups in total. The number of amides is 1. The van der Waals surface area contributed by atoms with Crippen molar-refractivity contribution >= 4 is 17.2 Å². The fourth-order valence-electron chi connectivity index (χ4n) is 3.57. The quantitative estimate of drug-likeness (QED) is 0.845. The lowest BCUT2D eigenvalue weighted by atomic mass is 10.00. The molecule has 2 heterocycles. The summed E-state index contributed by atoms with van der Waals surface area (Å²) < 4.78 is 5.36. The summed E-state index contributed by atoms with van der Waals surface area (Å²) in [4.78, 5) is 19.8. The molecule has 1 amide bonds. The van der Waals surface area contributed by atoms with E-state index < -0.39 is 0 Å². The predicted octanol–water partition coefficient (Wildman–Crippen LogP) is 2.63. The molecule has 28 heavy (non-hydrogen) atoms. The third-order valence-corrected chi connectivity index (χ3v) is 5.14. The van der Waals surface area contributed by atoms with Crippen molar-refractivity contribution < 1.29 is 9.53 Å². The molecule has 0 aromatic heterocycles. The number of carbonyl (C=O) groups excluding carboxylic acids is 1. The molecule has 0 unspecified atom stereocenters. The fourth-order valence-corrected chi connectivity index (χ4v) is 3.57. The first kappa shape index (κ1) is 18.6. The Morgan fingerprint density at radius 2 is 1.79 bits per heavy atom. The van der Waals surface area contributed by atoms with Gasteiger partial charge in [0.15, 0.2) is 0 Å². The van der Waals surface area contributed by atoms with Crippen LogP contribution < -0.4 is 5.32 Å². The lowest BCUT2D eigenvalue weighted by Crippen LogP contribution is -2.41. The largest absolute Gasteiger partial charge is 0.379 e. The Hall–Kier alpha value is -2.76. The normalized spacial score (nSPS) is 17.1. The second-order valence-corrected chi connectivity index (χ2v) is 6.99. The Morgan fingerprint density at radius 1 is 1.04 bits per heavy atom. The number of ether oxygens (including phenoxy) is 1. The van der Waals surface area contributed by atoms with Gasteiger partial charge in [0, 0.05) is 37.3 Å². The van der Waals surface area contributed by atoms with Crippen LogP contribution >= 0.6 is 0 Å². The van der Waals surface area contributed by atoms with Gasteiger partial charge >= 0.3 is 0 Å². The van der Waals surface area contributed by atoms with E-state index in [9.17, 15) is 4.79 Å². The maximum Gasteiger partial charge on any atom is 0.252 e. The summed E-state index contributed by atoms with van der Waals surface area (Å²) in [7, 11) is 0. The van der Waals surface area contributed by atoms with Gasteiger partial charge in [-0.25, -0.2) is 0 Å². The van der Waals surface area contributed by atoms with Gasteiger partial charge in [-0.2, -0.15) is 0 Å². The first-order valence-corrected chi connectivity index (χ1v) is 9.79. The Balaban J connectivity index is 1.43. The molecular weight excluding hydrogens is 350 g/mol. The van der Waals surface area contributed by atoms with E-state index in [0.717, 1.165) is 44.1 Å². The van der Waals surface area contributed by atoms with Gasteiger partial charge in [-0.05, 0) is 23.3 Å². The second kappa shape index (κ2) is 8.95. The minimum atomic E-state index is -0.0480. The molecule has 2 aromatic rings. The van der Waals surface area contributed by atoms with E-state index in [1.54, 1.807) is 0 Å². The number of hydrogen-bond acceptors (Lipinski definition) is 4. The molecule has 1 saturated heterocycles. The predicted molar refractivity (Wildman–Crippen MR) is 112 cm³/mol. The van der Waals surface area contributed by atoms with Crippen molar-refractivity contribution in [1.82, 2.24) is 10.2 Å². The van der Waals surface area contributed by atoms with E-state index in [2.05, 4.69) is 33.4 Å². The molecule has 5 nitrogen and oxygen atoms in total. The number of aliphatic imine (C=N–C) groups is 1. The van der Waals surface area contributed by atoms with Crippen LogP contribution in [0.4, 0.5) is 0 Å². The maximum absolute atomic E-state index is 12.8. The molecule has 0 bridgehead atoms. The molecular formula is C23H25N3O2. The molecule has 2 aromatic carbocycles. The Bertz CT molecular complexity index is 884. The summed E-state index contributed by atoms with van der Waals surface area (Å²) in [6, 6.07) is 18.0. The van der Waals surface area contributed by atoms with Crippen molar-refractivity contribution in [1.29, 1.82) is 0 Å². The fraction of sp³-hybridized carbons (Fsp3) is 0.304. The highest BCUT2D eigenvalue weighted by Crippen LogP contribution is 2.23. The molecule has 0 aliphatic carbocycles. The summed E-state index contributed by atoms with van der Waals surface area (Å²) in [5, 5.41) is 3.06. The van der Waals surface area contributed by atoms with E-state index in [0.29, 0.717) is 18.7 Å². The van der Waals surface area contributed by atoms with Crippen LogP contribution in [0, 0.1) is 0 Å². The van der Waals surface area contributed by atoms with Gasteiger partial charge in [0.1, 0.15) is 0 Å². The minimum absolute atomic E-state index is 0.0480. The van der Waals surface area contributed by atoms with Crippen molar-refractivity contribution in [3.63, 3.8) is 0 Å². The molecule has 5 heteroatoms. The average Bonchev–Trinajstić information content (AvgIpc) is 3.25. The molecule has 1 fully saturated rings. The summed E-state index contributed by atoms with van der Waals surface area (Å²) in [6.45, 7) is 5.51. The van der Waals surface area contributed by atoms with Crippen molar-refractivity contribution in [2.75, 3.05) is 45.9 Å². The number of carbonyl (C=O) groups is 1. The topological polar surface area (TPSA) is 53.9 Å². The highest BCUT2D eigenvalue weighted by molar-refractivity contribution is 6.19. The molecule has 2 aliphatic heterocycles. The van der Waals surface area contributed by atoms with E-state index in [-0.39, 0.29) is 5.91 Å². The zero-order chi connectivity index (χ0) is 19.2. The standard InChI is InChI=1S/C23H25N3O2/c27-23(24-10-11-26-12-14-28-15-13-26)21-9-5-4-8-20(21)22-16-19(17-25-22)18-6-2-1-3-7-18/h1-9,16H,10-15,17H2,(H,24,27). The summed E-state index contributed by atoms with van der Waals surface area (Å²) >= 11 is 0. The Kier molecular flexibility index (Phi) is 5.95. The zero-order valence-electron chi connectivity index (χ0n) is 15.9. The second-order valence-electron chi connectivity index (χ2n) is 6.99. The smallest absolute Gasteiger partial charge is 0.252 e. The number of allylic oxidation sites excluding steroid dienone is 1. The summed E-state index contributed by atoms with van der Waals surface area (Å²) in [5.41, 5.74) is 4.79. The first-order chi connectivity index (χ1) is 13.8. The molecule has 0 spiro atoms. The molecule has 4 rings (SSSR count). The number of hydrogen-bond donors (Lipinski definition) is 1. The lowest BCUT2D eigenvalue weighted by molar-refractivity contribution is 0.0383. The Morgan fingerprint density at radius 3 is 2.61 bits per heavy atom. The van der Waals surface area contributed by atoms with E-state index >= 15 is 0 Å². The number of nitrogens with zero attached hydrogens (tertiary/aromatic N) is 2. The van der Waals surface area contributed by atoms with Crippen molar-refractivity contribution in [3.8, 4) is 0 Å². The molecule has 0 atom stereocenters. The number of benzene rings is 2. The molecule has 0 radical (unpaired) electrons. The number of morpholine rings is 1. The minimum Gasteiger partial charge on any atom is -0.379 e. The van der Waals surface area contributed by atoms with Gasteiger partial charge in [0.25, 0.3) is 5.91 Å². The van der Waals surface area contributed by atoms with Crippen LogP contribution in [0.1, 0.15) is 21.5 Å². The van der Waals surface area contributed by atoms with Crippen LogP contribution in [0.2, 0.25) is 0 Å². The van der Waals surface area contributed by atoms with Gasteiger partial charge in [-0.15, -0.1) is 0 Å². The van der Waals surface area contributed by atoms with Gasteiger partial charge in [-0.3, -0.25) is 14.7 Å². The van der Waals surface area contributed by atoms with E-state index in [1.807, 2.05) is 42.5 Å². The maximum atomic E-state index is 12.8. The third-order valence-electron chi connectivity index (χ3n) is 5.14. The zero-order valence-corrected chi connectivity index (χ0v) is 15.9. The summed E-state index contributed by atoms with van der Waals surface area (Å²) in [5.74, 6) is -0.0480. The van der Waals surface area contributed by atoms with Gasteiger partial charge in [0.2, 0.25) is 0 Å². The van der Waals surface area contributed by atoms with E-state index in [4.69, 9.17) is 4.74 Å². The highest BCUT2D eigenvalue weighted by atomic mass is 16.5. The summed E-state index contributed by atoms with van der Waals surface area (Å²) in [6.07, 6.45) is 2.09. The first-order valence-electron chi connectivity index (χ1n) is 9.79. The number of rotatable bonds is 6. The van der Waals surface area contributed by atoms with Crippen LogP contribution in [-0.4, -0.2) is 62.5 Å². The highest BCUT2D eigenvalue weighted by Gasteiger charge is 2.18. The molecule has 144 valence electrons. The van der Waals surface area contributed by atoms with Gasteiger partial charge in [-0.1, -0.05) is 48.5 Å². The number of nitrogens with one attached hydrogen (secondary N) is 1. The van der Waals surface area contributed by atoms with Crippen molar-refractivity contribution in [3.05, 3.63) is 77.4 Å². The van der Waals surface area contributed by atoms with Crippen LogP contribution in [0.15, 0.2) is 65.7 Å². The van der Waals surface area contributed by atoms with E-state index in [1.165, 1.54) is 11.1 Å². The van der Waals surface area contributed by atoms with Crippen LogP contribution in [0.3, 0.4) is 0 Å². The average molecular weight is 375 g/mol. The molecule has 0 saturated carbocycles.